The van der Waals surface area contributed by atoms with Crippen LogP contribution in [0.4, 0.5) is 5.69 Å². The molecule has 27 heavy (non-hydrogen) atoms. The van der Waals surface area contributed by atoms with Gasteiger partial charge in [0.25, 0.3) is 11.8 Å². The van der Waals surface area contributed by atoms with Gasteiger partial charge in [-0.3, -0.25) is 9.59 Å². The van der Waals surface area contributed by atoms with Gasteiger partial charge in [-0.1, -0.05) is 31.0 Å². The van der Waals surface area contributed by atoms with Gasteiger partial charge >= 0.3 is 0 Å². The molecule has 2 rings (SSSR count). The lowest BCUT2D eigenvalue weighted by atomic mass is 10.1. The number of halogens is 2. The third-order valence-electron chi connectivity index (χ3n) is 3.78. The number of ether oxygens (including phenoxy) is 1. The van der Waals surface area contributed by atoms with Crippen molar-refractivity contribution in [3.8, 4) is 5.75 Å². The van der Waals surface area contributed by atoms with Crippen LogP contribution in [0.1, 0.15) is 37.0 Å². The van der Waals surface area contributed by atoms with Crippen LogP contribution in [0.15, 0.2) is 46.9 Å². The van der Waals surface area contributed by atoms with E-state index in [1.165, 1.54) is 0 Å². The number of rotatable bonds is 8. The fourth-order valence-electron chi connectivity index (χ4n) is 2.28. The van der Waals surface area contributed by atoms with Crippen LogP contribution in [0.25, 0.3) is 0 Å². The van der Waals surface area contributed by atoms with Crippen molar-refractivity contribution in [3.05, 3.63) is 57.5 Å². The predicted octanol–water partition coefficient (Wildman–Crippen LogP) is 5.04. The molecule has 5 nitrogen and oxygen atoms in total. The van der Waals surface area contributed by atoms with Gasteiger partial charge in [-0.15, -0.1) is 0 Å². The molecule has 2 amide bonds. The number of anilines is 1. The molecule has 1 unspecified atom stereocenters. The number of benzene rings is 2. The lowest BCUT2D eigenvalue weighted by molar-refractivity contribution is -0.122. The topological polar surface area (TPSA) is 67.4 Å². The normalized spacial score (nSPS) is 11.6. The van der Waals surface area contributed by atoms with Crippen molar-refractivity contribution in [1.82, 2.24) is 5.32 Å². The molecule has 0 aliphatic carbocycles. The molecule has 2 aromatic carbocycles. The molecule has 2 N–H and O–H groups in total. The van der Waals surface area contributed by atoms with E-state index < -0.39 is 6.10 Å². The molecule has 0 spiro atoms. The maximum atomic E-state index is 12.4. The first-order valence-electron chi connectivity index (χ1n) is 8.71. The molecule has 0 aromatic heterocycles. The number of carbonyl (C=O) groups is 2. The summed E-state index contributed by atoms with van der Waals surface area (Å²) in [5.74, 6) is 0.0421. The summed E-state index contributed by atoms with van der Waals surface area (Å²) in [6.07, 6.45) is 1.21. The SMILES string of the molecule is CCCCNC(=O)c1cccc(NC(=O)C(C)Oc2ccc(Cl)cc2Br)c1. The van der Waals surface area contributed by atoms with Gasteiger partial charge in [0.2, 0.25) is 0 Å². The van der Waals surface area contributed by atoms with Crippen molar-refractivity contribution in [2.45, 2.75) is 32.8 Å². The molecule has 0 saturated heterocycles. The summed E-state index contributed by atoms with van der Waals surface area (Å²) < 4.78 is 6.35. The Morgan fingerprint density at radius 2 is 2.00 bits per heavy atom. The van der Waals surface area contributed by atoms with Gasteiger partial charge in [-0.05, 0) is 65.7 Å². The zero-order valence-corrected chi connectivity index (χ0v) is 17.6. The zero-order valence-electron chi connectivity index (χ0n) is 15.2. The van der Waals surface area contributed by atoms with E-state index in [4.69, 9.17) is 16.3 Å². The average Bonchev–Trinajstić information content (AvgIpc) is 2.64. The molecule has 0 saturated carbocycles. The molecule has 0 aliphatic rings. The van der Waals surface area contributed by atoms with Crippen molar-refractivity contribution in [2.75, 3.05) is 11.9 Å². The van der Waals surface area contributed by atoms with Crippen LogP contribution in [-0.2, 0) is 4.79 Å². The van der Waals surface area contributed by atoms with E-state index in [2.05, 4.69) is 33.5 Å². The fourth-order valence-corrected chi connectivity index (χ4v) is 3.05. The highest BCUT2D eigenvalue weighted by Crippen LogP contribution is 2.28. The highest BCUT2D eigenvalue weighted by atomic mass is 79.9. The van der Waals surface area contributed by atoms with Gasteiger partial charge in [0.15, 0.2) is 6.10 Å². The van der Waals surface area contributed by atoms with Crippen LogP contribution in [0.2, 0.25) is 5.02 Å². The standard InChI is InChI=1S/C20H22BrClN2O3/c1-3-4-10-23-20(26)14-6-5-7-16(11-14)24-19(25)13(2)27-18-9-8-15(22)12-17(18)21/h5-9,11-13H,3-4,10H2,1-2H3,(H,23,26)(H,24,25). The molecule has 0 aliphatic heterocycles. The molecule has 2 aromatic rings. The number of amides is 2. The number of hydrogen-bond donors (Lipinski definition) is 2. The first-order chi connectivity index (χ1) is 12.9. The molecule has 0 fully saturated rings. The summed E-state index contributed by atoms with van der Waals surface area (Å²) in [7, 11) is 0. The Morgan fingerprint density at radius 1 is 1.22 bits per heavy atom. The number of nitrogens with one attached hydrogen (secondary N) is 2. The van der Waals surface area contributed by atoms with E-state index >= 15 is 0 Å². The maximum Gasteiger partial charge on any atom is 0.265 e. The van der Waals surface area contributed by atoms with Gasteiger partial charge in [-0.2, -0.15) is 0 Å². The maximum absolute atomic E-state index is 12.4. The Labute approximate surface area is 172 Å². The minimum atomic E-state index is -0.732. The van der Waals surface area contributed by atoms with E-state index in [1.807, 2.05) is 0 Å². The Balaban J connectivity index is 1.98. The van der Waals surface area contributed by atoms with Gasteiger partial charge in [-0.25, -0.2) is 0 Å². The summed E-state index contributed by atoms with van der Waals surface area (Å²) in [5.41, 5.74) is 1.03. The smallest absolute Gasteiger partial charge is 0.265 e. The summed E-state index contributed by atoms with van der Waals surface area (Å²) in [6.45, 7) is 4.35. The predicted molar refractivity (Wildman–Crippen MR) is 112 cm³/mol. The van der Waals surface area contributed by atoms with Crippen LogP contribution in [-0.4, -0.2) is 24.5 Å². The second kappa shape index (κ2) is 10.3. The quantitative estimate of drug-likeness (QED) is 0.550. The van der Waals surface area contributed by atoms with Crippen LogP contribution in [0.5, 0.6) is 5.75 Å². The number of carbonyl (C=O) groups excluding carboxylic acids is 2. The Kier molecular flexibility index (Phi) is 8.13. The fraction of sp³-hybridized carbons (Fsp3) is 0.300. The van der Waals surface area contributed by atoms with Gasteiger partial charge in [0.1, 0.15) is 5.75 Å². The molecule has 0 bridgehead atoms. The van der Waals surface area contributed by atoms with E-state index in [-0.39, 0.29) is 11.8 Å². The number of hydrogen-bond acceptors (Lipinski definition) is 3. The van der Waals surface area contributed by atoms with Crippen LogP contribution >= 0.6 is 27.5 Å². The van der Waals surface area contributed by atoms with Crippen molar-refractivity contribution >= 4 is 45.0 Å². The second-order valence-electron chi connectivity index (χ2n) is 6.01. The third-order valence-corrected chi connectivity index (χ3v) is 4.63. The molecule has 0 heterocycles. The van der Waals surface area contributed by atoms with Crippen molar-refractivity contribution < 1.29 is 14.3 Å². The lowest BCUT2D eigenvalue weighted by Gasteiger charge is -2.16. The largest absolute Gasteiger partial charge is 0.480 e. The highest BCUT2D eigenvalue weighted by molar-refractivity contribution is 9.10. The molecule has 1 atom stereocenters. The minimum absolute atomic E-state index is 0.158. The average molecular weight is 454 g/mol. The number of unbranched alkanes of at least 4 members (excludes halogenated alkanes) is 1. The van der Waals surface area contributed by atoms with E-state index in [9.17, 15) is 9.59 Å². The third kappa shape index (κ3) is 6.56. The lowest BCUT2D eigenvalue weighted by Crippen LogP contribution is -2.30. The molecular weight excluding hydrogens is 432 g/mol. The Morgan fingerprint density at radius 3 is 2.70 bits per heavy atom. The van der Waals surface area contributed by atoms with Crippen molar-refractivity contribution in [2.24, 2.45) is 0 Å². The summed E-state index contributed by atoms with van der Waals surface area (Å²) in [4.78, 5) is 24.5. The minimum Gasteiger partial charge on any atom is -0.480 e. The monoisotopic (exact) mass is 452 g/mol. The van der Waals surface area contributed by atoms with Gasteiger partial charge in [0.05, 0.1) is 4.47 Å². The molecular formula is C20H22BrClN2O3. The summed E-state index contributed by atoms with van der Waals surface area (Å²) in [5, 5.41) is 6.19. The van der Waals surface area contributed by atoms with Crippen LogP contribution < -0.4 is 15.4 Å². The molecule has 0 radical (unpaired) electrons. The van der Waals surface area contributed by atoms with E-state index in [0.29, 0.717) is 33.0 Å². The van der Waals surface area contributed by atoms with Crippen LogP contribution in [0.3, 0.4) is 0 Å². The van der Waals surface area contributed by atoms with E-state index in [0.717, 1.165) is 12.8 Å². The van der Waals surface area contributed by atoms with Crippen molar-refractivity contribution in [3.63, 3.8) is 0 Å². The van der Waals surface area contributed by atoms with Crippen molar-refractivity contribution in [1.29, 1.82) is 0 Å². The van der Waals surface area contributed by atoms with Gasteiger partial charge in [0, 0.05) is 22.8 Å². The van der Waals surface area contributed by atoms with Crippen LogP contribution in [0, 0.1) is 0 Å². The Bertz CT molecular complexity index is 814. The van der Waals surface area contributed by atoms with Gasteiger partial charge < -0.3 is 15.4 Å². The first-order valence-corrected chi connectivity index (χ1v) is 9.88. The van der Waals surface area contributed by atoms with E-state index in [1.54, 1.807) is 49.4 Å². The summed E-state index contributed by atoms with van der Waals surface area (Å²) >= 11 is 9.26. The second-order valence-corrected chi connectivity index (χ2v) is 7.31. The summed E-state index contributed by atoms with van der Waals surface area (Å²) in [6, 6.07) is 11.9. The molecule has 144 valence electrons. The first kappa shape index (κ1) is 21.3. The zero-order chi connectivity index (χ0) is 19.8. The molecule has 7 heteroatoms. The highest BCUT2D eigenvalue weighted by Gasteiger charge is 2.17. The Hall–Kier alpha value is -2.05.